The van der Waals surface area contributed by atoms with Gasteiger partial charge in [0, 0.05) is 26.2 Å². The van der Waals surface area contributed by atoms with Crippen molar-refractivity contribution in [2.24, 2.45) is 5.73 Å². The molecule has 1 aromatic carbocycles. The fourth-order valence-electron chi connectivity index (χ4n) is 3.32. The van der Waals surface area contributed by atoms with E-state index in [4.69, 9.17) is 10.5 Å². The summed E-state index contributed by atoms with van der Waals surface area (Å²) in [7, 11) is 3.66. The number of carbonyl (C=O) groups excluding carboxylic acids is 1. The standard InChI is InChI=1S/C18H29N3O3/c1-20(13-15-4-6-16(24-2)7-5-15)14-18(23)8-3-10-21(11-9-18)17(22)12-19/h4-7,23H,3,8-14,19H2,1-2H3/t18-/m1/s1. The number of hydrogen-bond donors (Lipinski definition) is 2. The third-order valence-corrected chi connectivity index (χ3v) is 4.62. The number of methoxy groups -OCH3 is 1. The van der Waals surface area contributed by atoms with Crippen LogP contribution in [0, 0.1) is 0 Å². The van der Waals surface area contributed by atoms with Crippen LogP contribution < -0.4 is 10.5 Å². The van der Waals surface area contributed by atoms with Gasteiger partial charge < -0.3 is 20.5 Å². The molecule has 1 amide bonds. The predicted octanol–water partition coefficient (Wildman–Crippen LogP) is 0.829. The summed E-state index contributed by atoms with van der Waals surface area (Å²) in [6.45, 7) is 2.64. The molecule has 1 aromatic rings. The van der Waals surface area contributed by atoms with Crippen LogP contribution in [-0.4, -0.2) is 66.8 Å². The monoisotopic (exact) mass is 335 g/mol. The summed E-state index contributed by atoms with van der Waals surface area (Å²) in [5.41, 5.74) is 5.86. The second-order valence-corrected chi connectivity index (χ2v) is 6.68. The second kappa shape index (κ2) is 8.46. The number of hydrogen-bond acceptors (Lipinski definition) is 5. The minimum absolute atomic E-state index is 0.0363. The lowest BCUT2D eigenvalue weighted by Crippen LogP contribution is -2.43. The third-order valence-electron chi connectivity index (χ3n) is 4.62. The Balaban J connectivity index is 1.89. The van der Waals surface area contributed by atoms with Gasteiger partial charge >= 0.3 is 0 Å². The van der Waals surface area contributed by atoms with Gasteiger partial charge in [-0.1, -0.05) is 12.1 Å². The summed E-state index contributed by atoms with van der Waals surface area (Å²) in [6.07, 6.45) is 2.10. The molecule has 0 aromatic heterocycles. The molecule has 1 saturated heterocycles. The van der Waals surface area contributed by atoms with E-state index in [0.717, 1.165) is 18.7 Å². The lowest BCUT2D eigenvalue weighted by atomic mass is 9.94. The molecular formula is C18H29N3O3. The maximum atomic E-state index is 11.7. The maximum absolute atomic E-state index is 11.7. The summed E-state index contributed by atoms with van der Waals surface area (Å²) in [6, 6.07) is 7.96. The van der Waals surface area contributed by atoms with Crippen LogP contribution in [0.1, 0.15) is 24.8 Å². The van der Waals surface area contributed by atoms with Crippen molar-refractivity contribution in [2.45, 2.75) is 31.4 Å². The van der Waals surface area contributed by atoms with Crippen molar-refractivity contribution in [1.82, 2.24) is 9.80 Å². The number of rotatable bonds is 6. The van der Waals surface area contributed by atoms with Gasteiger partial charge in [-0.2, -0.15) is 0 Å². The van der Waals surface area contributed by atoms with Crippen LogP contribution in [0.4, 0.5) is 0 Å². The van der Waals surface area contributed by atoms with Crippen molar-refractivity contribution in [3.05, 3.63) is 29.8 Å². The molecule has 0 bridgehead atoms. The minimum Gasteiger partial charge on any atom is -0.497 e. The molecule has 0 saturated carbocycles. The molecule has 134 valence electrons. The molecule has 1 heterocycles. The van der Waals surface area contributed by atoms with Crippen LogP contribution in [0.3, 0.4) is 0 Å². The summed E-state index contributed by atoms with van der Waals surface area (Å²) in [5, 5.41) is 10.9. The topological polar surface area (TPSA) is 79.0 Å². The Kier molecular flexibility index (Phi) is 6.60. The molecule has 0 unspecified atom stereocenters. The SMILES string of the molecule is COc1ccc(CN(C)C[C@@]2(O)CCCN(C(=O)CN)CC2)cc1. The van der Waals surface area contributed by atoms with Crippen LogP contribution in [0.5, 0.6) is 5.75 Å². The average Bonchev–Trinajstić information content (AvgIpc) is 2.76. The van der Waals surface area contributed by atoms with Crippen LogP contribution in [-0.2, 0) is 11.3 Å². The summed E-state index contributed by atoms with van der Waals surface area (Å²) >= 11 is 0. The zero-order valence-corrected chi connectivity index (χ0v) is 14.7. The summed E-state index contributed by atoms with van der Waals surface area (Å²) in [4.78, 5) is 15.6. The van der Waals surface area contributed by atoms with Gasteiger partial charge in [0.05, 0.1) is 19.3 Å². The van der Waals surface area contributed by atoms with E-state index in [1.807, 2.05) is 31.3 Å². The largest absolute Gasteiger partial charge is 0.497 e. The molecule has 1 fully saturated rings. The molecule has 1 aliphatic rings. The number of likely N-dealkylation sites (N-methyl/N-ethyl adjacent to an activating group) is 1. The number of aliphatic hydroxyl groups is 1. The van der Waals surface area contributed by atoms with Crippen molar-refractivity contribution >= 4 is 5.91 Å². The van der Waals surface area contributed by atoms with Crippen molar-refractivity contribution in [1.29, 1.82) is 0 Å². The van der Waals surface area contributed by atoms with Gasteiger partial charge in [0.2, 0.25) is 5.91 Å². The number of nitrogens with zero attached hydrogens (tertiary/aromatic N) is 2. The maximum Gasteiger partial charge on any atom is 0.236 e. The molecule has 0 spiro atoms. The minimum atomic E-state index is -0.759. The highest BCUT2D eigenvalue weighted by Gasteiger charge is 2.32. The van der Waals surface area contributed by atoms with Gasteiger partial charge in [0.25, 0.3) is 0 Å². The molecule has 24 heavy (non-hydrogen) atoms. The molecule has 6 nitrogen and oxygen atoms in total. The smallest absolute Gasteiger partial charge is 0.236 e. The summed E-state index contributed by atoms with van der Waals surface area (Å²) in [5.74, 6) is 0.805. The Bertz CT molecular complexity index is 535. The Labute approximate surface area is 144 Å². The lowest BCUT2D eigenvalue weighted by molar-refractivity contribution is -0.129. The van der Waals surface area contributed by atoms with Gasteiger partial charge in [0.15, 0.2) is 0 Å². The van der Waals surface area contributed by atoms with Gasteiger partial charge in [-0.15, -0.1) is 0 Å². The number of benzene rings is 1. The predicted molar refractivity (Wildman–Crippen MR) is 93.8 cm³/mol. The van der Waals surface area contributed by atoms with Crippen molar-refractivity contribution in [3.63, 3.8) is 0 Å². The van der Waals surface area contributed by atoms with E-state index in [1.54, 1.807) is 12.0 Å². The van der Waals surface area contributed by atoms with E-state index in [2.05, 4.69) is 4.90 Å². The van der Waals surface area contributed by atoms with Crippen LogP contribution >= 0.6 is 0 Å². The molecule has 0 aliphatic carbocycles. The zero-order chi connectivity index (χ0) is 17.6. The molecule has 0 radical (unpaired) electrons. The number of likely N-dealkylation sites (tertiary alicyclic amines) is 1. The molecule has 3 N–H and O–H groups in total. The van der Waals surface area contributed by atoms with Crippen LogP contribution in [0.15, 0.2) is 24.3 Å². The molecule has 2 rings (SSSR count). The highest BCUT2D eigenvalue weighted by molar-refractivity contribution is 5.78. The Morgan fingerprint density at radius 2 is 2.04 bits per heavy atom. The highest BCUT2D eigenvalue weighted by atomic mass is 16.5. The second-order valence-electron chi connectivity index (χ2n) is 6.68. The van der Waals surface area contributed by atoms with E-state index in [9.17, 15) is 9.90 Å². The van der Waals surface area contributed by atoms with Gasteiger partial charge in [-0.25, -0.2) is 0 Å². The summed E-state index contributed by atoms with van der Waals surface area (Å²) < 4.78 is 5.17. The number of carbonyl (C=O) groups is 1. The van der Waals surface area contributed by atoms with E-state index < -0.39 is 5.60 Å². The van der Waals surface area contributed by atoms with Crippen molar-refractivity contribution in [3.8, 4) is 5.75 Å². The van der Waals surface area contributed by atoms with E-state index in [0.29, 0.717) is 32.5 Å². The number of nitrogens with two attached hydrogens (primary N) is 1. The normalized spacial score (nSPS) is 21.6. The van der Waals surface area contributed by atoms with Gasteiger partial charge in [-0.3, -0.25) is 9.69 Å². The number of ether oxygens (including phenoxy) is 1. The molecule has 1 aliphatic heterocycles. The zero-order valence-electron chi connectivity index (χ0n) is 14.7. The van der Waals surface area contributed by atoms with E-state index >= 15 is 0 Å². The van der Waals surface area contributed by atoms with E-state index in [1.165, 1.54) is 5.56 Å². The fraction of sp³-hybridized carbons (Fsp3) is 0.611. The van der Waals surface area contributed by atoms with E-state index in [-0.39, 0.29) is 12.5 Å². The first-order chi connectivity index (χ1) is 11.5. The Morgan fingerprint density at radius 1 is 1.33 bits per heavy atom. The molecule has 1 atom stereocenters. The highest BCUT2D eigenvalue weighted by Crippen LogP contribution is 2.24. The first-order valence-corrected chi connectivity index (χ1v) is 8.47. The quantitative estimate of drug-likeness (QED) is 0.805. The van der Waals surface area contributed by atoms with Gasteiger partial charge in [0.1, 0.15) is 5.75 Å². The van der Waals surface area contributed by atoms with Crippen molar-refractivity contribution < 1.29 is 14.6 Å². The molecule has 6 heteroatoms. The third kappa shape index (κ3) is 5.19. The van der Waals surface area contributed by atoms with Crippen LogP contribution in [0.2, 0.25) is 0 Å². The average molecular weight is 335 g/mol. The first-order valence-electron chi connectivity index (χ1n) is 8.47. The first kappa shape index (κ1) is 18.7. The Morgan fingerprint density at radius 3 is 2.67 bits per heavy atom. The van der Waals surface area contributed by atoms with Gasteiger partial charge in [-0.05, 0) is 44.0 Å². The lowest BCUT2D eigenvalue weighted by Gasteiger charge is -2.31. The number of amides is 1. The molecular weight excluding hydrogens is 306 g/mol. The Hall–Kier alpha value is -1.63. The van der Waals surface area contributed by atoms with Crippen molar-refractivity contribution in [2.75, 3.05) is 40.3 Å². The van der Waals surface area contributed by atoms with Crippen LogP contribution in [0.25, 0.3) is 0 Å². The fourth-order valence-corrected chi connectivity index (χ4v) is 3.32.